The molecule has 2 heterocycles. The molecule has 9 heteroatoms. The highest BCUT2D eigenvalue weighted by atomic mass is 19.4. The van der Waals surface area contributed by atoms with Crippen molar-refractivity contribution in [2.45, 2.75) is 32.4 Å². The summed E-state index contributed by atoms with van der Waals surface area (Å²) in [6.45, 7) is 2.29. The van der Waals surface area contributed by atoms with Crippen molar-refractivity contribution in [2.75, 3.05) is 18.0 Å². The Labute approximate surface area is 154 Å². The SMILES string of the molecule is CCc1cc(N2CCCC(C(F)(F)F)C2)nc(-c2ccc([N+](=O)[O-])cc2)n1. The van der Waals surface area contributed by atoms with Crippen LogP contribution < -0.4 is 4.90 Å². The molecule has 1 unspecified atom stereocenters. The Bertz CT molecular complexity index is 824. The van der Waals surface area contributed by atoms with Crippen LogP contribution >= 0.6 is 0 Å². The summed E-state index contributed by atoms with van der Waals surface area (Å²) in [5.41, 5.74) is 1.25. The highest BCUT2D eigenvalue weighted by Crippen LogP contribution is 2.35. The van der Waals surface area contributed by atoms with Crippen molar-refractivity contribution in [3.8, 4) is 11.4 Å². The summed E-state index contributed by atoms with van der Waals surface area (Å²) in [5, 5.41) is 10.8. The molecular weight excluding hydrogens is 361 g/mol. The minimum Gasteiger partial charge on any atom is -0.356 e. The molecule has 0 amide bonds. The van der Waals surface area contributed by atoms with Crippen LogP contribution in [-0.4, -0.2) is 34.2 Å². The Morgan fingerprint density at radius 1 is 1.26 bits per heavy atom. The first-order chi connectivity index (χ1) is 12.8. The molecule has 0 saturated carbocycles. The summed E-state index contributed by atoms with van der Waals surface area (Å²) < 4.78 is 39.3. The number of nitro benzene ring substituents is 1. The number of halogens is 3. The molecule has 0 aliphatic carbocycles. The standard InChI is InChI=1S/C18H19F3N4O2/c1-2-14-10-16(24-9-3-4-13(11-24)18(19,20)21)23-17(22-14)12-5-7-15(8-6-12)25(26)27/h5-8,10,13H,2-4,9,11H2,1H3. The summed E-state index contributed by atoms with van der Waals surface area (Å²) in [6.07, 6.45) is -3.05. The van der Waals surface area contributed by atoms with Gasteiger partial charge in [0.05, 0.1) is 10.8 Å². The average Bonchev–Trinajstić information content (AvgIpc) is 2.67. The van der Waals surface area contributed by atoms with Crippen molar-refractivity contribution in [1.29, 1.82) is 0 Å². The third kappa shape index (κ3) is 4.35. The number of hydrogen-bond acceptors (Lipinski definition) is 5. The van der Waals surface area contributed by atoms with E-state index in [1.54, 1.807) is 23.1 Å². The predicted octanol–water partition coefficient (Wildman–Crippen LogP) is 4.39. The molecule has 1 aliphatic heterocycles. The second kappa shape index (κ2) is 7.50. The van der Waals surface area contributed by atoms with Gasteiger partial charge in [-0.3, -0.25) is 10.1 Å². The van der Waals surface area contributed by atoms with Crippen LogP contribution in [0, 0.1) is 16.0 Å². The molecule has 1 aliphatic rings. The van der Waals surface area contributed by atoms with Crippen LogP contribution in [0.25, 0.3) is 11.4 Å². The molecule has 1 saturated heterocycles. The fourth-order valence-electron chi connectivity index (χ4n) is 3.14. The van der Waals surface area contributed by atoms with Crippen LogP contribution in [0.4, 0.5) is 24.7 Å². The van der Waals surface area contributed by atoms with E-state index in [4.69, 9.17) is 0 Å². The summed E-state index contributed by atoms with van der Waals surface area (Å²) in [5.74, 6) is -0.549. The summed E-state index contributed by atoms with van der Waals surface area (Å²) in [4.78, 5) is 20.8. The molecule has 2 aromatic rings. The van der Waals surface area contributed by atoms with Gasteiger partial charge in [-0.05, 0) is 31.4 Å². The molecule has 1 aromatic carbocycles. The molecular formula is C18H19F3N4O2. The molecule has 0 radical (unpaired) electrons. The zero-order chi connectivity index (χ0) is 19.6. The van der Waals surface area contributed by atoms with E-state index in [1.807, 2.05) is 6.92 Å². The van der Waals surface area contributed by atoms with Crippen LogP contribution in [0.3, 0.4) is 0 Å². The van der Waals surface area contributed by atoms with Gasteiger partial charge < -0.3 is 4.90 Å². The van der Waals surface area contributed by atoms with Crippen LogP contribution in [-0.2, 0) is 6.42 Å². The first-order valence-electron chi connectivity index (χ1n) is 8.72. The molecule has 144 valence electrons. The molecule has 6 nitrogen and oxygen atoms in total. The molecule has 3 rings (SSSR count). The van der Waals surface area contributed by atoms with Gasteiger partial charge in [0, 0.05) is 42.5 Å². The molecule has 0 spiro atoms. The van der Waals surface area contributed by atoms with Crippen LogP contribution in [0.15, 0.2) is 30.3 Å². The van der Waals surface area contributed by atoms with Gasteiger partial charge in [-0.15, -0.1) is 0 Å². The lowest BCUT2D eigenvalue weighted by atomic mass is 9.97. The first-order valence-corrected chi connectivity index (χ1v) is 8.72. The number of non-ortho nitro benzene ring substituents is 1. The lowest BCUT2D eigenvalue weighted by molar-refractivity contribution is -0.384. The number of anilines is 1. The van der Waals surface area contributed by atoms with Crippen LogP contribution in [0.2, 0.25) is 0 Å². The van der Waals surface area contributed by atoms with E-state index in [-0.39, 0.29) is 18.7 Å². The normalized spacial score (nSPS) is 17.8. The van der Waals surface area contributed by atoms with Crippen molar-refractivity contribution >= 4 is 11.5 Å². The lowest BCUT2D eigenvalue weighted by Gasteiger charge is -2.34. The highest BCUT2D eigenvalue weighted by molar-refractivity contribution is 5.60. The van der Waals surface area contributed by atoms with Gasteiger partial charge >= 0.3 is 6.18 Å². The quantitative estimate of drug-likeness (QED) is 0.581. The number of hydrogen-bond donors (Lipinski definition) is 0. The van der Waals surface area contributed by atoms with E-state index in [9.17, 15) is 23.3 Å². The maximum Gasteiger partial charge on any atom is 0.393 e. The van der Waals surface area contributed by atoms with E-state index in [0.717, 1.165) is 0 Å². The summed E-state index contributed by atoms with van der Waals surface area (Å²) >= 11 is 0. The van der Waals surface area contributed by atoms with Crippen molar-refractivity contribution in [3.63, 3.8) is 0 Å². The fourth-order valence-corrected chi connectivity index (χ4v) is 3.14. The Kier molecular flexibility index (Phi) is 5.29. The number of benzene rings is 1. The highest BCUT2D eigenvalue weighted by Gasteiger charge is 2.42. The van der Waals surface area contributed by atoms with Crippen LogP contribution in [0.1, 0.15) is 25.5 Å². The molecule has 1 atom stereocenters. The minimum absolute atomic E-state index is 0.0466. The van der Waals surface area contributed by atoms with E-state index in [1.165, 1.54) is 12.1 Å². The topological polar surface area (TPSA) is 72.2 Å². The smallest absolute Gasteiger partial charge is 0.356 e. The third-order valence-corrected chi connectivity index (χ3v) is 4.67. The Hall–Kier alpha value is -2.71. The van der Waals surface area contributed by atoms with E-state index in [2.05, 4.69) is 9.97 Å². The van der Waals surface area contributed by atoms with Crippen molar-refractivity contribution in [2.24, 2.45) is 5.92 Å². The molecule has 0 bridgehead atoms. The average molecular weight is 380 g/mol. The zero-order valence-electron chi connectivity index (χ0n) is 14.7. The minimum atomic E-state index is -4.22. The summed E-state index contributed by atoms with van der Waals surface area (Å²) in [7, 11) is 0. The van der Waals surface area contributed by atoms with Crippen molar-refractivity contribution < 1.29 is 18.1 Å². The molecule has 27 heavy (non-hydrogen) atoms. The van der Waals surface area contributed by atoms with Crippen molar-refractivity contribution in [3.05, 3.63) is 46.1 Å². The van der Waals surface area contributed by atoms with Gasteiger partial charge in [0.1, 0.15) is 5.82 Å². The number of nitro groups is 1. The number of rotatable bonds is 4. The zero-order valence-corrected chi connectivity index (χ0v) is 14.7. The third-order valence-electron chi connectivity index (χ3n) is 4.67. The Morgan fingerprint density at radius 2 is 1.96 bits per heavy atom. The maximum absolute atomic E-state index is 13.1. The number of piperidine rings is 1. The van der Waals surface area contributed by atoms with E-state index >= 15 is 0 Å². The first kappa shape index (κ1) is 19.1. The predicted molar refractivity (Wildman–Crippen MR) is 94.5 cm³/mol. The van der Waals surface area contributed by atoms with Gasteiger partial charge in [-0.1, -0.05) is 6.92 Å². The van der Waals surface area contributed by atoms with Gasteiger partial charge in [-0.25, -0.2) is 9.97 Å². The Balaban J connectivity index is 1.92. The number of aryl methyl sites for hydroxylation is 1. The van der Waals surface area contributed by atoms with Gasteiger partial charge in [0.25, 0.3) is 5.69 Å². The number of aromatic nitrogens is 2. The fraction of sp³-hybridized carbons (Fsp3) is 0.444. The van der Waals surface area contributed by atoms with Gasteiger partial charge in [0.15, 0.2) is 5.82 Å². The van der Waals surface area contributed by atoms with Gasteiger partial charge in [-0.2, -0.15) is 13.2 Å². The molecule has 0 N–H and O–H groups in total. The maximum atomic E-state index is 13.1. The van der Waals surface area contributed by atoms with Crippen molar-refractivity contribution in [1.82, 2.24) is 9.97 Å². The van der Waals surface area contributed by atoms with E-state index < -0.39 is 17.0 Å². The Morgan fingerprint density at radius 3 is 2.56 bits per heavy atom. The number of nitrogens with zero attached hydrogens (tertiary/aromatic N) is 4. The lowest BCUT2D eigenvalue weighted by Crippen LogP contribution is -2.42. The molecule has 1 fully saturated rings. The largest absolute Gasteiger partial charge is 0.393 e. The number of alkyl halides is 3. The van der Waals surface area contributed by atoms with E-state index in [0.29, 0.717) is 42.3 Å². The monoisotopic (exact) mass is 380 g/mol. The second-order valence-corrected chi connectivity index (χ2v) is 6.53. The second-order valence-electron chi connectivity index (χ2n) is 6.53. The summed E-state index contributed by atoms with van der Waals surface area (Å²) in [6, 6.07) is 7.53. The van der Waals surface area contributed by atoms with Gasteiger partial charge in [0.2, 0.25) is 0 Å². The molecule has 1 aromatic heterocycles. The van der Waals surface area contributed by atoms with Crippen LogP contribution in [0.5, 0.6) is 0 Å².